The molecule has 2 amide bonds. The monoisotopic (exact) mass is 364 g/mol. The molecule has 2 rings (SSSR count). The summed E-state index contributed by atoms with van der Waals surface area (Å²) < 4.78 is 0. The van der Waals surface area contributed by atoms with Crippen LogP contribution in [0.4, 0.5) is 0 Å². The van der Waals surface area contributed by atoms with Gasteiger partial charge in [-0.05, 0) is 43.7 Å². The van der Waals surface area contributed by atoms with Gasteiger partial charge in [0.15, 0.2) is 0 Å². The highest BCUT2D eigenvalue weighted by molar-refractivity contribution is 7.17. The highest BCUT2D eigenvalue weighted by Crippen LogP contribution is 2.29. The van der Waals surface area contributed by atoms with E-state index in [-0.39, 0.29) is 18.4 Å². The number of hydrogen-bond acceptors (Lipinski definition) is 3. The highest BCUT2D eigenvalue weighted by Gasteiger charge is 2.19. The van der Waals surface area contributed by atoms with Crippen LogP contribution in [-0.2, 0) is 4.79 Å². The zero-order chi connectivity index (χ0) is 17.7. The summed E-state index contributed by atoms with van der Waals surface area (Å²) in [6.45, 7) is 5.25. The molecule has 24 heavy (non-hydrogen) atoms. The Balaban J connectivity index is 2.07. The molecule has 0 aliphatic heterocycles. The van der Waals surface area contributed by atoms with Gasteiger partial charge in [0.1, 0.15) is 0 Å². The minimum Gasteiger partial charge on any atom is -0.342 e. The van der Waals surface area contributed by atoms with E-state index in [4.69, 9.17) is 11.6 Å². The van der Waals surface area contributed by atoms with Gasteiger partial charge in [-0.15, -0.1) is 11.3 Å². The van der Waals surface area contributed by atoms with E-state index in [1.54, 1.807) is 18.0 Å². The van der Waals surface area contributed by atoms with Gasteiger partial charge in [-0.2, -0.15) is 0 Å². The molecule has 0 unspecified atom stereocenters. The Kier molecular flexibility index (Phi) is 6.40. The molecule has 1 aromatic heterocycles. The van der Waals surface area contributed by atoms with Crippen molar-refractivity contribution in [2.45, 2.75) is 13.8 Å². The maximum absolute atomic E-state index is 12.5. The molecule has 0 spiro atoms. The molecule has 1 aromatic carbocycles. The average Bonchev–Trinajstić information content (AvgIpc) is 3.05. The lowest BCUT2D eigenvalue weighted by atomic mass is 10.2. The number of thiophene rings is 1. The third-order valence-electron chi connectivity index (χ3n) is 3.78. The molecule has 128 valence electrons. The number of amides is 2. The molecule has 0 aliphatic rings. The second kappa shape index (κ2) is 8.31. The molecule has 0 fully saturated rings. The lowest BCUT2D eigenvalue weighted by molar-refractivity contribution is -0.131. The van der Waals surface area contributed by atoms with Crippen LogP contribution in [0.3, 0.4) is 0 Å². The maximum atomic E-state index is 12.5. The molecule has 0 saturated heterocycles. The molecule has 4 nitrogen and oxygen atoms in total. The van der Waals surface area contributed by atoms with Crippen LogP contribution in [0.2, 0.25) is 5.02 Å². The zero-order valence-electron chi connectivity index (χ0n) is 14.1. The molecule has 0 saturated carbocycles. The zero-order valence-corrected chi connectivity index (χ0v) is 15.7. The van der Waals surface area contributed by atoms with Crippen molar-refractivity contribution in [3.8, 4) is 10.4 Å². The van der Waals surface area contributed by atoms with Gasteiger partial charge in [-0.1, -0.05) is 23.7 Å². The quantitative estimate of drug-likeness (QED) is 0.777. The minimum absolute atomic E-state index is 0.0367. The topological polar surface area (TPSA) is 40.6 Å². The van der Waals surface area contributed by atoms with Gasteiger partial charge in [0.05, 0.1) is 11.4 Å². The second-order valence-electron chi connectivity index (χ2n) is 5.40. The van der Waals surface area contributed by atoms with Gasteiger partial charge < -0.3 is 9.80 Å². The molecular weight excluding hydrogens is 344 g/mol. The van der Waals surface area contributed by atoms with Crippen molar-refractivity contribution >= 4 is 34.8 Å². The summed E-state index contributed by atoms with van der Waals surface area (Å²) in [4.78, 5) is 29.5. The van der Waals surface area contributed by atoms with Crippen LogP contribution in [0.5, 0.6) is 0 Å². The summed E-state index contributed by atoms with van der Waals surface area (Å²) in [5.41, 5.74) is 1.02. The van der Waals surface area contributed by atoms with Gasteiger partial charge in [-0.25, -0.2) is 0 Å². The average molecular weight is 365 g/mol. The van der Waals surface area contributed by atoms with Gasteiger partial charge in [0.25, 0.3) is 5.91 Å². The Morgan fingerprint density at radius 2 is 1.67 bits per heavy atom. The van der Waals surface area contributed by atoms with E-state index in [2.05, 4.69) is 0 Å². The Hall–Kier alpha value is -1.85. The van der Waals surface area contributed by atoms with Crippen LogP contribution in [0.1, 0.15) is 23.5 Å². The van der Waals surface area contributed by atoms with Crippen molar-refractivity contribution in [1.82, 2.24) is 9.80 Å². The van der Waals surface area contributed by atoms with E-state index >= 15 is 0 Å². The lowest BCUT2D eigenvalue weighted by Gasteiger charge is -2.22. The van der Waals surface area contributed by atoms with E-state index in [1.165, 1.54) is 16.2 Å². The smallest absolute Gasteiger partial charge is 0.264 e. The lowest BCUT2D eigenvalue weighted by Crippen LogP contribution is -2.40. The number of likely N-dealkylation sites (N-methyl/N-ethyl adjacent to an activating group) is 2. The molecule has 0 N–H and O–H groups in total. The molecule has 6 heteroatoms. The predicted octanol–water partition coefficient (Wildman–Crippen LogP) is 4.01. The predicted molar refractivity (Wildman–Crippen MR) is 99.7 cm³/mol. The van der Waals surface area contributed by atoms with E-state index in [9.17, 15) is 9.59 Å². The first-order valence-electron chi connectivity index (χ1n) is 7.85. The molecule has 1 heterocycles. The van der Waals surface area contributed by atoms with Crippen LogP contribution in [0, 0.1) is 0 Å². The van der Waals surface area contributed by atoms with E-state index in [0.717, 1.165) is 10.4 Å². The number of halogens is 1. The molecular formula is C18H21ClN2O2S. The van der Waals surface area contributed by atoms with Gasteiger partial charge in [0, 0.05) is 30.0 Å². The number of rotatable bonds is 6. The Labute approximate surface area is 151 Å². The fourth-order valence-electron chi connectivity index (χ4n) is 2.36. The minimum atomic E-state index is -0.138. The van der Waals surface area contributed by atoms with Gasteiger partial charge >= 0.3 is 0 Å². The first kappa shape index (κ1) is 18.5. The number of nitrogens with zero attached hydrogens (tertiary/aromatic N) is 2. The van der Waals surface area contributed by atoms with Crippen LogP contribution in [0.25, 0.3) is 10.4 Å². The largest absolute Gasteiger partial charge is 0.342 e. The summed E-state index contributed by atoms with van der Waals surface area (Å²) >= 11 is 7.32. The SMILES string of the molecule is CCN(CC)C(=O)CN(C)C(=O)c1ccc(-c2ccc(Cl)cc2)s1. The fourth-order valence-corrected chi connectivity index (χ4v) is 3.49. The van der Waals surface area contributed by atoms with Crippen molar-refractivity contribution in [1.29, 1.82) is 0 Å². The van der Waals surface area contributed by atoms with Crippen molar-refractivity contribution in [2.24, 2.45) is 0 Å². The second-order valence-corrected chi connectivity index (χ2v) is 6.92. The number of benzene rings is 1. The summed E-state index contributed by atoms with van der Waals surface area (Å²) in [7, 11) is 1.66. The molecule has 2 aromatic rings. The van der Waals surface area contributed by atoms with Crippen molar-refractivity contribution in [3.63, 3.8) is 0 Å². The number of carbonyl (C=O) groups is 2. The number of carbonyl (C=O) groups excluding carboxylic acids is 2. The molecule has 0 bridgehead atoms. The van der Waals surface area contributed by atoms with Crippen LogP contribution >= 0.6 is 22.9 Å². The van der Waals surface area contributed by atoms with Gasteiger partial charge in [0.2, 0.25) is 5.91 Å². The van der Waals surface area contributed by atoms with Crippen LogP contribution < -0.4 is 0 Å². The third-order valence-corrected chi connectivity index (χ3v) is 5.16. The molecule has 0 radical (unpaired) electrons. The standard InChI is InChI=1S/C18H21ClN2O2S/c1-4-21(5-2)17(22)12-20(3)18(23)16-11-10-15(24-16)13-6-8-14(19)9-7-13/h6-11H,4-5,12H2,1-3H3. The highest BCUT2D eigenvalue weighted by atomic mass is 35.5. The summed E-state index contributed by atoms with van der Waals surface area (Å²) in [5, 5.41) is 0.682. The molecule has 0 aliphatic carbocycles. The maximum Gasteiger partial charge on any atom is 0.264 e. The summed E-state index contributed by atoms with van der Waals surface area (Å²) in [5.74, 6) is -0.175. The normalized spacial score (nSPS) is 10.5. The van der Waals surface area contributed by atoms with Crippen molar-refractivity contribution < 1.29 is 9.59 Å². The van der Waals surface area contributed by atoms with Crippen molar-refractivity contribution in [3.05, 3.63) is 46.3 Å². The Bertz CT molecular complexity index is 708. The summed E-state index contributed by atoms with van der Waals surface area (Å²) in [6.07, 6.45) is 0. The van der Waals surface area contributed by atoms with Crippen LogP contribution in [0.15, 0.2) is 36.4 Å². The first-order chi connectivity index (χ1) is 11.5. The first-order valence-corrected chi connectivity index (χ1v) is 9.04. The van der Waals surface area contributed by atoms with E-state index in [1.807, 2.05) is 44.2 Å². The Morgan fingerprint density at radius 3 is 2.25 bits per heavy atom. The van der Waals surface area contributed by atoms with E-state index in [0.29, 0.717) is 23.0 Å². The van der Waals surface area contributed by atoms with Gasteiger partial charge in [-0.3, -0.25) is 9.59 Å². The van der Waals surface area contributed by atoms with E-state index < -0.39 is 0 Å². The Morgan fingerprint density at radius 1 is 1.04 bits per heavy atom. The van der Waals surface area contributed by atoms with Crippen molar-refractivity contribution in [2.75, 3.05) is 26.7 Å². The third kappa shape index (κ3) is 4.36. The summed E-state index contributed by atoms with van der Waals surface area (Å²) in [6, 6.07) is 11.2. The number of hydrogen-bond donors (Lipinski definition) is 0. The van der Waals surface area contributed by atoms with Crippen LogP contribution in [-0.4, -0.2) is 48.3 Å². The fraction of sp³-hybridized carbons (Fsp3) is 0.333. The molecule has 0 atom stereocenters.